The fraction of sp³-hybridized carbons (Fsp3) is 0.471. The van der Waals surface area contributed by atoms with Crippen molar-refractivity contribution in [2.45, 2.75) is 46.2 Å². The molecule has 1 aliphatic rings. The summed E-state index contributed by atoms with van der Waals surface area (Å²) in [5, 5.41) is 7.24. The van der Waals surface area contributed by atoms with Crippen LogP contribution in [0.4, 0.5) is 5.69 Å². The molecule has 3 heterocycles. The van der Waals surface area contributed by atoms with E-state index in [1.54, 1.807) is 9.58 Å². The molecule has 3 rings (SSSR count). The maximum atomic E-state index is 12.7. The number of carbonyl (C=O) groups excluding carboxylic acids is 2. The summed E-state index contributed by atoms with van der Waals surface area (Å²) in [6, 6.07) is 3.21. The summed E-state index contributed by atoms with van der Waals surface area (Å²) in [4.78, 5) is 26.5. The highest BCUT2D eigenvalue weighted by Gasteiger charge is 2.37. The second kappa shape index (κ2) is 6.14. The molecule has 0 saturated carbocycles. The number of carbonyl (C=O) groups is 2. The summed E-state index contributed by atoms with van der Waals surface area (Å²) in [6.07, 6.45) is 0.894. The van der Waals surface area contributed by atoms with E-state index in [2.05, 4.69) is 10.4 Å². The third kappa shape index (κ3) is 2.93. The van der Waals surface area contributed by atoms with E-state index in [0.29, 0.717) is 25.1 Å². The molecule has 0 aliphatic carbocycles. The molecule has 0 bridgehead atoms. The van der Waals surface area contributed by atoms with Crippen molar-refractivity contribution in [3.05, 3.63) is 35.0 Å². The van der Waals surface area contributed by atoms with Crippen LogP contribution in [0, 0.1) is 20.8 Å². The molecular formula is C17H22N4O3. The molecule has 7 heteroatoms. The van der Waals surface area contributed by atoms with Crippen molar-refractivity contribution in [2.24, 2.45) is 7.05 Å². The molecule has 1 N–H and O–H groups in total. The normalized spacial score (nSPS) is 17.6. The van der Waals surface area contributed by atoms with Crippen LogP contribution >= 0.6 is 0 Å². The summed E-state index contributed by atoms with van der Waals surface area (Å²) in [6.45, 7) is 5.92. The summed E-state index contributed by atoms with van der Waals surface area (Å²) in [5.74, 6) is 1.28. The van der Waals surface area contributed by atoms with Crippen molar-refractivity contribution in [3.63, 3.8) is 0 Å². The van der Waals surface area contributed by atoms with Crippen LogP contribution in [0.3, 0.4) is 0 Å². The highest BCUT2D eigenvalue weighted by molar-refractivity contribution is 5.99. The van der Waals surface area contributed by atoms with Gasteiger partial charge in [-0.3, -0.25) is 14.3 Å². The van der Waals surface area contributed by atoms with Crippen LogP contribution in [0.15, 0.2) is 16.5 Å². The van der Waals surface area contributed by atoms with Gasteiger partial charge < -0.3 is 14.6 Å². The molecule has 128 valence electrons. The average molecular weight is 330 g/mol. The number of nitrogens with zero attached hydrogens (tertiary/aromatic N) is 3. The standard InChI is InChI=1S/C17H22N4O3/c1-10-5-6-13(24-10)9-21-14(7-8-15(21)22)17(23)18-16-11(2)19-20(4)12(16)3/h5-6,14H,7-9H2,1-4H3,(H,18,23)/t14-/m1/s1. The van der Waals surface area contributed by atoms with Crippen molar-refractivity contribution >= 4 is 17.5 Å². The maximum Gasteiger partial charge on any atom is 0.247 e. The van der Waals surface area contributed by atoms with Gasteiger partial charge >= 0.3 is 0 Å². The van der Waals surface area contributed by atoms with Crippen molar-refractivity contribution < 1.29 is 14.0 Å². The smallest absolute Gasteiger partial charge is 0.247 e. The lowest BCUT2D eigenvalue weighted by atomic mass is 10.2. The third-order valence-corrected chi connectivity index (χ3v) is 4.51. The number of furan rings is 1. The van der Waals surface area contributed by atoms with Gasteiger partial charge in [0, 0.05) is 13.5 Å². The first-order valence-electron chi connectivity index (χ1n) is 8.02. The molecular weight excluding hydrogens is 308 g/mol. The molecule has 1 aliphatic heterocycles. The van der Waals surface area contributed by atoms with Gasteiger partial charge in [-0.15, -0.1) is 0 Å². The Balaban J connectivity index is 1.76. The first-order valence-corrected chi connectivity index (χ1v) is 8.02. The average Bonchev–Trinajstić information content (AvgIpc) is 3.16. The highest BCUT2D eigenvalue weighted by atomic mass is 16.3. The van der Waals surface area contributed by atoms with Gasteiger partial charge in [0.15, 0.2) is 0 Å². The molecule has 0 unspecified atom stereocenters. The van der Waals surface area contributed by atoms with Gasteiger partial charge in [0.05, 0.1) is 23.6 Å². The molecule has 1 fully saturated rings. The number of anilines is 1. The molecule has 0 aromatic carbocycles. The van der Waals surface area contributed by atoms with E-state index in [4.69, 9.17) is 4.42 Å². The van der Waals surface area contributed by atoms with E-state index < -0.39 is 6.04 Å². The van der Waals surface area contributed by atoms with Crippen LogP contribution in [-0.2, 0) is 23.2 Å². The van der Waals surface area contributed by atoms with Crippen molar-refractivity contribution in [3.8, 4) is 0 Å². The Morgan fingerprint density at radius 2 is 2.12 bits per heavy atom. The lowest BCUT2D eigenvalue weighted by Gasteiger charge is -2.23. The first kappa shape index (κ1) is 16.3. The van der Waals surface area contributed by atoms with Gasteiger partial charge in [-0.25, -0.2) is 0 Å². The molecule has 2 aromatic rings. The van der Waals surface area contributed by atoms with Gasteiger partial charge in [0.1, 0.15) is 17.6 Å². The Bertz CT molecular complexity index is 790. The van der Waals surface area contributed by atoms with Crippen LogP contribution in [-0.4, -0.2) is 32.5 Å². The topological polar surface area (TPSA) is 80.4 Å². The lowest BCUT2D eigenvalue weighted by molar-refractivity contribution is -0.134. The van der Waals surface area contributed by atoms with Gasteiger partial charge in [0.2, 0.25) is 11.8 Å². The van der Waals surface area contributed by atoms with Crippen LogP contribution in [0.1, 0.15) is 35.7 Å². The molecule has 1 saturated heterocycles. The fourth-order valence-electron chi connectivity index (χ4n) is 3.10. The Kier molecular flexibility index (Phi) is 4.17. The van der Waals surface area contributed by atoms with E-state index in [-0.39, 0.29) is 11.8 Å². The zero-order valence-corrected chi connectivity index (χ0v) is 14.4. The Labute approximate surface area is 140 Å². The van der Waals surface area contributed by atoms with Crippen LogP contribution in [0.5, 0.6) is 0 Å². The Morgan fingerprint density at radius 1 is 1.38 bits per heavy atom. The Morgan fingerprint density at radius 3 is 2.71 bits per heavy atom. The fourth-order valence-corrected chi connectivity index (χ4v) is 3.10. The largest absolute Gasteiger partial charge is 0.464 e. The SMILES string of the molecule is Cc1ccc(CN2C(=O)CC[C@@H]2C(=O)Nc2c(C)nn(C)c2C)o1. The van der Waals surface area contributed by atoms with Gasteiger partial charge in [0.25, 0.3) is 0 Å². The number of rotatable bonds is 4. The summed E-state index contributed by atoms with van der Waals surface area (Å²) < 4.78 is 7.27. The van der Waals surface area contributed by atoms with Crippen molar-refractivity contribution in [1.29, 1.82) is 0 Å². The second-order valence-corrected chi connectivity index (χ2v) is 6.25. The van der Waals surface area contributed by atoms with E-state index in [1.807, 2.05) is 40.0 Å². The van der Waals surface area contributed by atoms with Crippen molar-refractivity contribution in [2.75, 3.05) is 5.32 Å². The molecule has 0 spiro atoms. The number of amides is 2. The molecule has 1 atom stereocenters. The number of hydrogen-bond donors (Lipinski definition) is 1. The van der Waals surface area contributed by atoms with E-state index in [1.165, 1.54) is 0 Å². The molecule has 24 heavy (non-hydrogen) atoms. The number of aryl methyl sites for hydroxylation is 3. The predicted molar refractivity (Wildman–Crippen MR) is 88.3 cm³/mol. The monoisotopic (exact) mass is 330 g/mol. The molecule has 2 amide bonds. The lowest BCUT2D eigenvalue weighted by Crippen LogP contribution is -2.41. The third-order valence-electron chi connectivity index (χ3n) is 4.51. The Hall–Kier alpha value is -2.57. The number of hydrogen-bond acceptors (Lipinski definition) is 4. The quantitative estimate of drug-likeness (QED) is 0.930. The van der Waals surface area contributed by atoms with Crippen LogP contribution in [0.25, 0.3) is 0 Å². The van der Waals surface area contributed by atoms with E-state index in [0.717, 1.165) is 22.8 Å². The number of likely N-dealkylation sites (tertiary alicyclic amines) is 1. The first-order chi connectivity index (χ1) is 11.4. The van der Waals surface area contributed by atoms with Crippen molar-refractivity contribution in [1.82, 2.24) is 14.7 Å². The van der Waals surface area contributed by atoms with Gasteiger partial charge in [-0.1, -0.05) is 0 Å². The minimum atomic E-state index is -0.484. The van der Waals surface area contributed by atoms with E-state index >= 15 is 0 Å². The minimum absolute atomic E-state index is 0.0242. The second-order valence-electron chi connectivity index (χ2n) is 6.25. The number of nitrogens with one attached hydrogen (secondary N) is 1. The molecule has 7 nitrogen and oxygen atoms in total. The zero-order valence-electron chi connectivity index (χ0n) is 14.4. The van der Waals surface area contributed by atoms with E-state index in [9.17, 15) is 9.59 Å². The maximum absolute atomic E-state index is 12.7. The highest BCUT2D eigenvalue weighted by Crippen LogP contribution is 2.25. The van der Waals surface area contributed by atoms with Crippen LogP contribution < -0.4 is 5.32 Å². The summed E-state index contributed by atoms with van der Waals surface area (Å²) in [7, 11) is 1.84. The molecule has 0 radical (unpaired) electrons. The summed E-state index contributed by atoms with van der Waals surface area (Å²) >= 11 is 0. The zero-order chi connectivity index (χ0) is 17.4. The predicted octanol–water partition coefficient (Wildman–Crippen LogP) is 2.07. The van der Waals surface area contributed by atoms with Gasteiger partial charge in [-0.05, 0) is 39.3 Å². The minimum Gasteiger partial charge on any atom is -0.464 e. The number of aromatic nitrogens is 2. The molecule has 2 aromatic heterocycles. The van der Waals surface area contributed by atoms with Crippen LogP contribution in [0.2, 0.25) is 0 Å². The summed E-state index contributed by atoms with van der Waals surface area (Å²) in [5.41, 5.74) is 2.37. The van der Waals surface area contributed by atoms with Gasteiger partial charge in [-0.2, -0.15) is 5.10 Å².